The van der Waals surface area contributed by atoms with Crippen molar-refractivity contribution >= 4 is 27.5 Å². The van der Waals surface area contributed by atoms with Gasteiger partial charge in [0.1, 0.15) is 11.4 Å². The van der Waals surface area contributed by atoms with Crippen LogP contribution in [0, 0.1) is 0 Å². The van der Waals surface area contributed by atoms with Crippen molar-refractivity contribution in [2.75, 3.05) is 18.1 Å². The Morgan fingerprint density at radius 3 is 2.96 bits per heavy atom. The lowest BCUT2D eigenvalue weighted by molar-refractivity contribution is 0.0810. The quantitative estimate of drug-likeness (QED) is 0.812. The van der Waals surface area contributed by atoms with Gasteiger partial charge >= 0.3 is 0 Å². The van der Waals surface area contributed by atoms with E-state index in [2.05, 4.69) is 21.1 Å². The van der Waals surface area contributed by atoms with E-state index in [1.807, 2.05) is 39.0 Å². The summed E-state index contributed by atoms with van der Waals surface area (Å²) in [5.41, 5.74) is 0.193. The Hall–Kier alpha value is -2.02. The van der Waals surface area contributed by atoms with Crippen molar-refractivity contribution in [3.05, 3.63) is 34.5 Å². The second-order valence-corrected chi connectivity index (χ2v) is 6.74. The fraction of sp³-hybridized carbons (Fsp3) is 0.375. The average Bonchev–Trinajstić information content (AvgIpc) is 2.93. The van der Waals surface area contributed by atoms with Crippen LogP contribution in [0.2, 0.25) is 0 Å². The fourth-order valence-electron chi connectivity index (χ4n) is 2.48. The predicted octanol–water partition coefficient (Wildman–Crippen LogP) is 3.65. The number of amides is 1. The summed E-state index contributed by atoms with van der Waals surface area (Å²) in [4.78, 5) is 14.5. The molecule has 1 aromatic heterocycles. The summed E-state index contributed by atoms with van der Waals surface area (Å²) < 4.78 is 17.2. The third-order valence-electron chi connectivity index (χ3n) is 3.37. The molecule has 6 nitrogen and oxygen atoms in total. The zero-order valence-electron chi connectivity index (χ0n) is 13.1. The Kier molecular flexibility index (Phi) is 4.06. The molecule has 23 heavy (non-hydrogen) atoms. The van der Waals surface area contributed by atoms with Gasteiger partial charge in [-0.3, -0.25) is 9.69 Å². The minimum atomic E-state index is -0.508. The smallest absolute Gasteiger partial charge is 0.297 e. The van der Waals surface area contributed by atoms with E-state index in [1.165, 1.54) is 6.07 Å². The molecule has 0 radical (unpaired) electrons. The van der Waals surface area contributed by atoms with Crippen LogP contribution in [0.1, 0.15) is 31.3 Å². The zero-order chi connectivity index (χ0) is 16.6. The monoisotopic (exact) mass is 380 g/mol. The number of fused-ring (bicyclic) bond motifs is 1. The van der Waals surface area contributed by atoms with Gasteiger partial charge in [-0.25, -0.2) is 0 Å². The number of benzene rings is 1. The summed E-state index contributed by atoms with van der Waals surface area (Å²) in [6, 6.07) is 7.06. The first-order valence-corrected chi connectivity index (χ1v) is 8.09. The second-order valence-electron chi connectivity index (χ2n) is 5.83. The summed E-state index contributed by atoms with van der Waals surface area (Å²) >= 11 is 3.42. The molecule has 1 aliphatic rings. The topological polar surface area (TPSA) is 64.8 Å². The molecule has 1 amide bonds. The molecule has 0 N–H and O–H groups in total. The van der Waals surface area contributed by atoms with Crippen molar-refractivity contribution in [3.63, 3.8) is 0 Å². The molecule has 0 saturated carbocycles. The SMILES string of the molecule is CCOc1cc(C(=O)N2CC(C)(C)Oc3cc(Br)ccc32)on1. The minimum absolute atomic E-state index is 0.139. The lowest BCUT2D eigenvalue weighted by atomic mass is 10.0. The minimum Gasteiger partial charge on any atom is -0.484 e. The van der Waals surface area contributed by atoms with Crippen molar-refractivity contribution in [2.24, 2.45) is 0 Å². The maximum Gasteiger partial charge on any atom is 0.297 e. The van der Waals surface area contributed by atoms with Gasteiger partial charge in [-0.1, -0.05) is 15.9 Å². The molecule has 1 aromatic carbocycles. The molecule has 0 bridgehead atoms. The van der Waals surface area contributed by atoms with Crippen molar-refractivity contribution < 1.29 is 18.8 Å². The Bertz CT molecular complexity index is 741. The number of halogens is 1. The third-order valence-corrected chi connectivity index (χ3v) is 3.87. The van der Waals surface area contributed by atoms with E-state index in [9.17, 15) is 4.79 Å². The van der Waals surface area contributed by atoms with E-state index in [4.69, 9.17) is 14.0 Å². The number of aromatic nitrogens is 1. The highest BCUT2D eigenvalue weighted by atomic mass is 79.9. The number of rotatable bonds is 3. The summed E-state index contributed by atoms with van der Waals surface area (Å²) in [5, 5.41) is 3.74. The third kappa shape index (κ3) is 3.19. The molecule has 2 heterocycles. The summed E-state index contributed by atoms with van der Waals surface area (Å²) in [5.74, 6) is 0.816. The van der Waals surface area contributed by atoms with Crippen LogP contribution >= 0.6 is 15.9 Å². The van der Waals surface area contributed by atoms with Crippen molar-refractivity contribution in [1.82, 2.24) is 5.16 Å². The van der Waals surface area contributed by atoms with E-state index in [1.54, 1.807) is 4.90 Å². The largest absolute Gasteiger partial charge is 0.484 e. The van der Waals surface area contributed by atoms with Gasteiger partial charge in [-0.2, -0.15) is 0 Å². The number of hydrogen-bond donors (Lipinski definition) is 0. The van der Waals surface area contributed by atoms with Crippen LogP contribution in [0.25, 0.3) is 0 Å². The predicted molar refractivity (Wildman–Crippen MR) is 88.2 cm³/mol. The average molecular weight is 381 g/mol. The van der Waals surface area contributed by atoms with Crippen LogP contribution in [0.5, 0.6) is 11.6 Å². The molecule has 2 aromatic rings. The standard InChI is InChI=1S/C16H17BrN2O4/c1-4-21-14-8-13(23-18-14)15(20)19-9-16(2,3)22-12-7-10(17)5-6-11(12)19/h5-8H,4,9H2,1-3H3. The van der Waals surface area contributed by atoms with Gasteiger partial charge < -0.3 is 14.0 Å². The van der Waals surface area contributed by atoms with E-state index in [0.717, 1.165) is 4.47 Å². The molecule has 3 rings (SSSR count). The Morgan fingerprint density at radius 2 is 2.22 bits per heavy atom. The first kappa shape index (κ1) is 15.9. The molecule has 0 spiro atoms. The molecule has 7 heteroatoms. The van der Waals surface area contributed by atoms with Gasteiger partial charge in [0, 0.05) is 4.47 Å². The first-order chi connectivity index (χ1) is 10.9. The molecule has 122 valence electrons. The number of ether oxygens (including phenoxy) is 2. The Labute approximate surface area is 142 Å². The fourth-order valence-corrected chi connectivity index (χ4v) is 2.82. The molecular formula is C16H17BrN2O4. The summed E-state index contributed by atoms with van der Waals surface area (Å²) in [6.45, 7) is 6.58. The normalized spacial score (nSPS) is 15.7. The van der Waals surface area contributed by atoms with Gasteiger partial charge in [0.25, 0.3) is 11.8 Å². The number of nitrogens with zero attached hydrogens (tertiary/aromatic N) is 2. The van der Waals surface area contributed by atoms with Gasteiger partial charge in [0.15, 0.2) is 0 Å². The van der Waals surface area contributed by atoms with Gasteiger partial charge in [0.2, 0.25) is 5.76 Å². The Balaban J connectivity index is 1.96. The van der Waals surface area contributed by atoms with Crippen LogP contribution < -0.4 is 14.4 Å². The van der Waals surface area contributed by atoms with Crippen LogP contribution in [0.15, 0.2) is 33.3 Å². The van der Waals surface area contributed by atoms with Crippen LogP contribution in [0.3, 0.4) is 0 Å². The maximum absolute atomic E-state index is 12.8. The van der Waals surface area contributed by atoms with Gasteiger partial charge in [-0.15, -0.1) is 0 Å². The van der Waals surface area contributed by atoms with Crippen molar-refractivity contribution in [2.45, 2.75) is 26.4 Å². The molecule has 0 unspecified atom stereocenters. The van der Waals surface area contributed by atoms with Crippen LogP contribution in [-0.2, 0) is 0 Å². The number of carbonyl (C=O) groups is 1. The molecular weight excluding hydrogens is 364 g/mol. The summed E-state index contributed by atoms with van der Waals surface area (Å²) in [7, 11) is 0. The highest BCUT2D eigenvalue weighted by molar-refractivity contribution is 9.10. The van der Waals surface area contributed by atoms with E-state index in [-0.39, 0.29) is 11.7 Å². The van der Waals surface area contributed by atoms with E-state index >= 15 is 0 Å². The Morgan fingerprint density at radius 1 is 1.43 bits per heavy atom. The molecule has 1 aliphatic heterocycles. The first-order valence-electron chi connectivity index (χ1n) is 7.29. The lowest BCUT2D eigenvalue weighted by Gasteiger charge is -2.39. The molecule has 0 fully saturated rings. The maximum atomic E-state index is 12.8. The molecule has 0 atom stereocenters. The van der Waals surface area contributed by atoms with Crippen molar-refractivity contribution in [1.29, 1.82) is 0 Å². The molecule has 0 aliphatic carbocycles. The van der Waals surface area contributed by atoms with Crippen LogP contribution in [-0.4, -0.2) is 29.8 Å². The molecule has 0 saturated heterocycles. The highest BCUT2D eigenvalue weighted by Gasteiger charge is 2.36. The number of carbonyl (C=O) groups excluding carboxylic acids is 1. The van der Waals surface area contributed by atoms with Crippen LogP contribution in [0.4, 0.5) is 5.69 Å². The summed E-state index contributed by atoms with van der Waals surface area (Å²) in [6.07, 6.45) is 0. The van der Waals surface area contributed by atoms with E-state index in [0.29, 0.717) is 30.5 Å². The number of hydrogen-bond acceptors (Lipinski definition) is 5. The highest BCUT2D eigenvalue weighted by Crippen LogP contribution is 2.39. The van der Waals surface area contributed by atoms with Gasteiger partial charge in [-0.05, 0) is 44.1 Å². The van der Waals surface area contributed by atoms with Crippen molar-refractivity contribution in [3.8, 4) is 11.6 Å². The van der Waals surface area contributed by atoms with E-state index < -0.39 is 5.60 Å². The van der Waals surface area contributed by atoms with Gasteiger partial charge in [0.05, 0.1) is 24.9 Å². The second kappa shape index (κ2) is 5.88. The lowest BCUT2D eigenvalue weighted by Crippen LogP contribution is -2.49. The zero-order valence-corrected chi connectivity index (χ0v) is 14.7. The number of anilines is 1.